The maximum absolute atomic E-state index is 12.2. The first-order chi connectivity index (χ1) is 5.66. The van der Waals surface area contributed by atoms with Crippen LogP contribution in [0.25, 0.3) is 0 Å². The smallest absolute Gasteiger partial charge is 0.211 e. The Morgan fingerprint density at radius 1 is 1.67 bits per heavy atom. The lowest BCUT2D eigenvalue weighted by atomic mass is 10.3. The van der Waals surface area contributed by atoms with Gasteiger partial charge in [-0.3, -0.25) is 0 Å². The quantitative estimate of drug-likeness (QED) is 0.543. The van der Waals surface area contributed by atoms with E-state index < -0.39 is 12.0 Å². The van der Waals surface area contributed by atoms with Crippen molar-refractivity contribution in [2.75, 3.05) is 0 Å². The van der Waals surface area contributed by atoms with Gasteiger partial charge in [-0.15, -0.1) is 11.3 Å². The first-order valence-electron chi connectivity index (χ1n) is 2.79. The first kappa shape index (κ1) is 9.32. The summed E-state index contributed by atoms with van der Waals surface area (Å²) in [5, 5.41) is 1.16. The highest BCUT2D eigenvalue weighted by atomic mass is 35.5. The number of hydrogen-bond acceptors (Lipinski definition) is 3. The zero-order valence-corrected chi connectivity index (χ0v) is 7.12. The van der Waals surface area contributed by atoms with Crippen molar-refractivity contribution < 1.29 is 13.6 Å². The molecule has 1 heterocycles. The van der Waals surface area contributed by atoms with Crippen molar-refractivity contribution in [2.24, 2.45) is 4.99 Å². The minimum absolute atomic E-state index is 0.0657. The Morgan fingerprint density at radius 3 is 2.83 bits per heavy atom. The van der Waals surface area contributed by atoms with Crippen LogP contribution in [0, 0.1) is 0 Å². The number of carbonyl (C=O) groups excluding carboxylic acids is 1. The summed E-state index contributed by atoms with van der Waals surface area (Å²) in [5.74, 6) is 0. The van der Waals surface area contributed by atoms with Crippen molar-refractivity contribution in [3.63, 3.8) is 0 Å². The Labute approximate surface area is 75.5 Å². The lowest BCUT2D eigenvalue weighted by Crippen LogP contribution is -1.80. The topological polar surface area (TPSA) is 29.4 Å². The van der Waals surface area contributed by atoms with Crippen LogP contribution in [0.15, 0.2) is 10.4 Å². The molecule has 2 nitrogen and oxygen atoms in total. The zero-order valence-electron chi connectivity index (χ0n) is 5.55. The number of alkyl halides is 2. The summed E-state index contributed by atoms with van der Waals surface area (Å²) in [7, 11) is 0. The Morgan fingerprint density at radius 2 is 2.33 bits per heavy atom. The van der Waals surface area contributed by atoms with Gasteiger partial charge in [0, 0.05) is 5.38 Å². The van der Waals surface area contributed by atoms with Crippen molar-refractivity contribution in [2.45, 2.75) is 6.43 Å². The van der Waals surface area contributed by atoms with Gasteiger partial charge in [-0.2, -0.15) is 4.99 Å². The molecule has 1 rings (SSSR count). The van der Waals surface area contributed by atoms with Gasteiger partial charge >= 0.3 is 0 Å². The SMILES string of the molecule is O=C=Nc1scc(Cl)c1C(F)F. The minimum atomic E-state index is -2.71. The number of halogens is 3. The highest BCUT2D eigenvalue weighted by molar-refractivity contribution is 7.14. The molecule has 0 spiro atoms. The standard InChI is InChI=1S/C6H2ClF2NOS/c7-3-1-12-6(10-2-11)4(3)5(8)9/h1,5H. The van der Waals surface area contributed by atoms with Crippen molar-refractivity contribution >= 4 is 34.0 Å². The Kier molecular flexibility index (Phi) is 2.92. The Hall–Kier alpha value is -0.770. The van der Waals surface area contributed by atoms with Gasteiger partial charge in [0.15, 0.2) is 0 Å². The maximum Gasteiger partial charge on any atom is 0.268 e. The van der Waals surface area contributed by atoms with Gasteiger partial charge in [0.1, 0.15) is 5.00 Å². The summed E-state index contributed by atoms with van der Waals surface area (Å²) in [5.41, 5.74) is -0.398. The molecule has 0 radical (unpaired) electrons. The third kappa shape index (κ3) is 1.69. The van der Waals surface area contributed by atoms with Gasteiger partial charge < -0.3 is 0 Å². The summed E-state index contributed by atoms with van der Waals surface area (Å²) < 4.78 is 24.4. The second kappa shape index (κ2) is 3.76. The van der Waals surface area contributed by atoms with Crippen molar-refractivity contribution in [1.82, 2.24) is 0 Å². The minimum Gasteiger partial charge on any atom is -0.211 e. The molecule has 0 aliphatic carbocycles. The average molecular weight is 210 g/mol. The van der Waals surface area contributed by atoms with Crippen molar-refractivity contribution in [3.8, 4) is 0 Å². The van der Waals surface area contributed by atoms with Crippen LogP contribution in [0.3, 0.4) is 0 Å². The molecule has 12 heavy (non-hydrogen) atoms. The zero-order chi connectivity index (χ0) is 9.14. The predicted octanol–water partition coefficient (Wildman–Crippen LogP) is 3.31. The fourth-order valence-corrected chi connectivity index (χ4v) is 1.78. The largest absolute Gasteiger partial charge is 0.268 e. The first-order valence-corrected chi connectivity index (χ1v) is 4.05. The molecule has 0 bridgehead atoms. The molecule has 0 N–H and O–H groups in total. The van der Waals surface area contributed by atoms with Gasteiger partial charge in [0.2, 0.25) is 6.08 Å². The van der Waals surface area contributed by atoms with Gasteiger partial charge in [0.05, 0.1) is 10.6 Å². The Balaban J connectivity index is 3.21. The molecule has 0 atom stereocenters. The summed E-state index contributed by atoms with van der Waals surface area (Å²) >= 11 is 6.30. The lowest BCUT2D eigenvalue weighted by molar-refractivity contribution is 0.152. The number of hydrogen-bond donors (Lipinski definition) is 0. The van der Waals surface area contributed by atoms with Crippen molar-refractivity contribution in [1.29, 1.82) is 0 Å². The molecular formula is C6H2ClF2NOS. The maximum atomic E-state index is 12.2. The number of thiophene rings is 1. The van der Waals surface area contributed by atoms with Gasteiger partial charge in [-0.05, 0) is 0 Å². The van der Waals surface area contributed by atoms with E-state index in [1.165, 1.54) is 11.5 Å². The van der Waals surface area contributed by atoms with Gasteiger partial charge in [-0.1, -0.05) is 11.6 Å². The van der Waals surface area contributed by atoms with E-state index in [2.05, 4.69) is 4.99 Å². The molecule has 0 aliphatic heterocycles. The number of rotatable bonds is 2. The van der Waals surface area contributed by atoms with Gasteiger partial charge in [0.25, 0.3) is 6.43 Å². The van der Waals surface area contributed by atoms with E-state index >= 15 is 0 Å². The lowest BCUT2D eigenvalue weighted by Gasteiger charge is -1.95. The van der Waals surface area contributed by atoms with Crippen LogP contribution >= 0.6 is 22.9 Å². The predicted molar refractivity (Wildman–Crippen MR) is 42.1 cm³/mol. The molecule has 0 aliphatic rings. The molecule has 1 aromatic heterocycles. The van der Waals surface area contributed by atoms with Crippen LogP contribution in [0.4, 0.5) is 13.8 Å². The molecule has 6 heteroatoms. The molecule has 0 saturated carbocycles. The van der Waals surface area contributed by atoms with E-state index in [0.29, 0.717) is 0 Å². The molecular weight excluding hydrogens is 208 g/mol. The van der Waals surface area contributed by atoms with E-state index in [9.17, 15) is 13.6 Å². The van der Waals surface area contributed by atoms with Crippen LogP contribution in [-0.4, -0.2) is 6.08 Å². The highest BCUT2D eigenvalue weighted by Crippen LogP contribution is 2.40. The second-order valence-corrected chi connectivity index (χ2v) is 3.07. The monoisotopic (exact) mass is 209 g/mol. The fourth-order valence-electron chi connectivity index (χ4n) is 0.662. The molecule has 1 aromatic rings. The van der Waals surface area contributed by atoms with Crippen LogP contribution in [0.5, 0.6) is 0 Å². The van der Waals surface area contributed by atoms with E-state index in [1.54, 1.807) is 0 Å². The Bertz CT molecular complexity index is 332. The van der Waals surface area contributed by atoms with Crippen molar-refractivity contribution in [3.05, 3.63) is 16.0 Å². The number of nitrogens with zero attached hydrogens (tertiary/aromatic N) is 1. The van der Waals surface area contributed by atoms with Gasteiger partial charge in [-0.25, -0.2) is 13.6 Å². The van der Waals surface area contributed by atoms with E-state index in [-0.39, 0.29) is 10.0 Å². The summed E-state index contributed by atoms with van der Waals surface area (Å²) in [6, 6.07) is 0. The molecule has 0 saturated heterocycles. The third-order valence-electron chi connectivity index (χ3n) is 1.13. The van der Waals surface area contributed by atoms with E-state index in [4.69, 9.17) is 11.6 Å². The molecule has 0 amide bonds. The molecule has 0 unspecified atom stereocenters. The molecule has 64 valence electrons. The normalized spacial score (nSPS) is 10.0. The van der Waals surface area contributed by atoms with Crippen LogP contribution in [0.1, 0.15) is 12.0 Å². The van der Waals surface area contributed by atoms with E-state index in [0.717, 1.165) is 11.3 Å². The number of isocyanates is 1. The highest BCUT2D eigenvalue weighted by Gasteiger charge is 2.18. The summed E-state index contributed by atoms with van der Waals surface area (Å²) in [4.78, 5) is 12.9. The van der Waals surface area contributed by atoms with Crippen LogP contribution in [-0.2, 0) is 4.79 Å². The summed E-state index contributed by atoms with van der Waals surface area (Å²) in [6.07, 6.45) is -1.53. The third-order valence-corrected chi connectivity index (χ3v) is 2.46. The summed E-state index contributed by atoms with van der Waals surface area (Å²) in [6.45, 7) is 0. The van der Waals surface area contributed by atoms with Crippen LogP contribution in [0.2, 0.25) is 5.02 Å². The van der Waals surface area contributed by atoms with Crippen LogP contribution < -0.4 is 0 Å². The average Bonchev–Trinajstić information content (AvgIpc) is 2.32. The number of aliphatic imine (C=N–C) groups is 1. The second-order valence-electron chi connectivity index (χ2n) is 1.81. The molecule has 0 fully saturated rings. The van der Waals surface area contributed by atoms with E-state index in [1.807, 2.05) is 0 Å². The fraction of sp³-hybridized carbons (Fsp3) is 0.167. The molecule has 0 aromatic carbocycles.